The molecule has 17 heavy (non-hydrogen) atoms. The Morgan fingerprint density at radius 1 is 1.00 bits per heavy atom. The Balaban J connectivity index is 2.51. The number of ether oxygens (including phenoxy) is 1. The molecule has 0 fully saturated rings. The molecule has 0 saturated heterocycles. The van der Waals surface area contributed by atoms with Crippen molar-refractivity contribution in [1.82, 2.24) is 0 Å². The van der Waals surface area contributed by atoms with E-state index in [2.05, 4.69) is 32.0 Å². The largest absolute Gasteiger partial charge is 0.496 e. The van der Waals surface area contributed by atoms with E-state index in [0.717, 1.165) is 5.75 Å². The van der Waals surface area contributed by atoms with Crippen molar-refractivity contribution in [1.29, 1.82) is 0 Å². The van der Waals surface area contributed by atoms with E-state index in [0.29, 0.717) is 0 Å². The van der Waals surface area contributed by atoms with Crippen LogP contribution in [0.4, 0.5) is 0 Å². The average Bonchev–Trinajstić information content (AvgIpc) is 2.39. The third-order valence-electron chi connectivity index (χ3n) is 3.16. The molecule has 0 bridgehead atoms. The van der Waals surface area contributed by atoms with E-state index in [1.54, 1.807) is 7.11 Å². The lowest BCUT2D eigenvalue weighted by Crippen LogP contribution is -2.19. The lowest BCUT2D eigenvalue weighted by Gasteiger charge is -2.27. The SMILES string of the molecule is COc1ccccc1C(C)(C)c1[c]cccc1. The summed E-state index contributed by atoms with van der Waals surface area (Å²) in [6, 6.07) is 19.5. The van der Waals surface area contributed by atoms with Crippen molar-refractivity contribution >= 4 is 0 Å². The molecule has 0 N–H and O–H groups in total. The fourth-order valence-corrected chi connectivity index (χ4v) is 2.09. The van der Waals surface area contributed by atoms with Gasteiger partial charge in [0.1, 0.15) is 5.75 Å². The topological polar surface area (TPSA) is 9.23 Å². The van der Waals surface area contributed by atoms with Crippen LogP contribution >= 0.6 is 0 Å². The molecular weight excluding hydrogens is 208 g/mol. The molecule has 0 amide bonds. The molecule has 1 heteroatoms. The molecule has 2 aromatic carbocycles. The lowest BCUT2D eigenvalue weighted by molar-refractivity contribution is 0.401. The first-order valence-electron chi connectivity index (χ1n) is 5.77. The quantitative estimate of drug-likeness (QED) is 0.771. The van der Waals surface area contributed by atoms with Crippen molar-refractivity contribution < 1.29 is 4.74 Å². The van der Waals surface area contributed by atoms with E-state index in [-0.39, 0.29) is 5.41 Å². The number of para-hydroxylation sites is 1. The van der Waals surface area contributed by atoms with Gasteiger partial charge < -0.3 is 4.74 Å². The summed E-state index contributed by atoms with van der Waals surface area (Å²) < 4.78 is 5.44. The maximum absolute atomic E-state index is 5.44. The first-order valence-corrected chi connectivity index (χ1v) is 5.77. The summed E-state index contributed by atoms with van der Waals surface area (Å²) in [5, 5.41) is 0. The smallest absolute Gasteiger partial charge is 0.122 e. The molecule has 0 aromatic heterocycles. The minimum atomic E-state index is -0.103. The second-order valence-electron chi connectivity index (χ2n) is 4.60. The van der Waals surface area contributed by atoms with Crippen molar-refractivity contribution in [2.45, 2.75) is 19.3 Å². The van der Waals surface area contributed by atoms with Crippen LogP contribution in [0, 0.1) is 6.07 Å². The average molecular weight is 225 g/mol. The highest BCUT2D eigenvalue weighted by Gasteiger charge is 2.26. The predicted octanol–water partition coefficient (Wildman–Crippen LogP) is 3.82. The van der Waals surface area contributed by atoms with Crippen molar-refractivity contribution in [2.24, 2.45) is 0 Å². The second kappa shape index (κ2) is 4.62. The van der Waals surface area contributed by atoms with Gasteiger partial charge in [0, 0.05) is 11.0 Å². The summed E-state index contributed by atoms with van der Waals surface area (Å²) in [5.41, 5.74) is 2.25. The van der Waals surface area contributed by atoms with Crippen LogP contribution in [0.15, 0.2) is 48.5 Å². The third-order valence-corrected chi connectivity index (χ3v) is 3.16. The number of benzene rings is 2. The standard InChI is InChI=1S/C16H17O/c1-16(2,13-9-5-4-6-10-13)14-11-7-8-12-15(14)17-3/h4-9,11-12H,1-3H3. The van der Waals surface area contributed by atoms with Crippen LogP contribution < -0.4 is 4.74 Å². The highest BCUT2D eigenvalue weighted by atomic mass is 16.5. The number of methoxy groups -OCH3 is 1. The normalized spacial score (nSPS) is 11.2. The highest BCUT2D eigenvalue weighted by molar-refractivity contribution is 5.45. The zero-order chi connectivity index (χ0) is 12.3. The van der Waals surface area contributed by atoms with Gasteiger partial charge in [0.05, 0.1) is 7.11 Å². The molecule has 0 atom stereocenters. The minimum Gasteiger partial charge on any atom is -0.496 e. The number of hydrogen-bond acceptors (Lipinski definition) is 1. The van der Waals surface area contributed by atoms with Gasteiger partial charge in [-0.2, -0.15) is 0 Å². The monoisotopic (exact) mass is 225 g/mol. The van der Waals surface area contributed by atoms with Crippen molar-refractivity contribution in [3.8, 4) is 5.75 Å². The molecular formula is C16H17O. The van der Waals surface area contributed by atoms with E-state index in [4.69, 9.17) is 4.74 Å². The summed E-state index contributed by atoms with van der Waals surface area (Å²) in [4.78, 5) is 0. The Hall–Kier alpha value is -1.76. The first-order chi connectivity index (χ1) is 8.16. The van der Waals surface area contributed by atoms with Crippen molar-refractivity contribution in [2.75, 3.05) is 7.11 Å². The second-order valence-corrected chi connectivity index (χ2v) is 4.60. The van der Waals surface area contributed by atoms with Crippen LogP contribution in [0.5, 0.6) is 5.75 Å². The zero-order valence-corrected chi connectivity index (χ0v) is 10.5. The third kappa shape index (κ3) is 2.19. The number of rotatable bonds is 3. The van der Waals surface area contributed by atoms with Gasteiger partial charge in [0.2, 0.25) is 0 Å². The fraction of sp³-hybridized carbons (Fsp3) is 0.250. The van der Waals surface area contributed by atoms with Crippen molar-refractivity contribution in [3.63, 3.8) is 0 Å². The molecule has 2 rings (SSSR count). The van der Waals surface area contributed by atoms with Gasteiger partial charge in [-0.25, -0.2) is 0 Å². The molecule has 1 nitrogen and oxygen atoms in total. The van der Waals surface area contributed by atoms with Crippen LogP contribution in [0.2, 0.25) is 0 Å². The summed E-state index contributed by atoms with van der Waals surface area (Å²) in [7, 11) is 1.71. The Morgan fingerprint density at radius 2 is 1.71 bits per heavy atom. The maximum atomic E-state index is 5.44. The van der Waals surface area contributed by atoms with Gasteiger partial charge in [0.25, 0.3) is 0 Å². The van der Waals surface area contributed by atoms with Crippen LogP contribution in [-0.4, -0.2) is 7.11 Å². The van der Waals surface area contributed by atoms with Crippen LogP contribution in [0.25, 0.3) is 0 Å². The van der Waals surface area contributed by atoms with Gasteiger partial charge in [-0.05, 0) is 17.7 Å². The van der Waals surface area contributed by atoms with Crippen LogP contribution in [0.1, 0.15) is 25.0 Å². The Bertz CT molecular complexity index is 486. The minimum absolute atomic E-state index is 0.103. The Labute approximate surface area is 103 Å². The van der Waals surface area contributed by atoms with Gasteiger partial charge in [-0.3, -0.25) is 0 Å². The Kier molecular flexibility index (Phi) is 3.19. The van der Waals surface area contributed by atoms with E-state index in [1.807, 2.05) is 36.4 Å². The molecule has 0 aliphatic rings. The Morgan fingerprint density at radius 3 is 2.35 bits per heavy atom. The van der Waals surface area contributed by atoms with Gasteiger partial charge in [0.15, 0.2) is 0 Å². The molecule has 0 saturated carbocycles. The van der Waals surface area contributed by atoms with Gasteiger partial charge in [-0.1, -0.05) is 56.3 Å². The summed E-state index contributed by atoms with van der Waals surface area (Å²) >= 11 is 0. The van der Waals surface area contributed by atoms with E-state index in [1.165, 1.54) is 11.1 Å². The zero-order valence-electron chi connectivity index (χ0n) is 10.5. The van der Waals surface area contributed by atoms with Gasteiger partial charge in [-0.15, -0.1) is 0 Å². The molecule has 0 heterocycles. The summed E-state index contributed by atoms with van der Waals surface area (Å²) in [5.74, 6) is 0.926. The molecule has 0 aliphatic heterocycles. The first kappa shape index (κ1) is 11.7. The van der Waals surface area contributed by atoms with Crippen LogP contribution in [0.3, 0.4) is 0 Å². The lowest BCUT2D eigenvalue weighted by atomic mass is 9.78. The summed E-state index contributed by atoms with van der Waals surface area (Å²) in [6.45, 7) is 4.38. The van der Waals surface area contributed by atoms with E-state index >= 15 is 0 Å². The molecule has 87 valence electrons. The van der Waals surface area contributed by atoms with Crippen molar-refractivity contribution in [3.05, 3.63) is 65.7 Å². The molecule has 1 radical (unpaired) electrons. The van der Waals surface area contributed by atoms with Gasteiger partial charge >= 0.3 is 0 Å². The molecule has 0 spiro atoms. The highest BCUT2D eigenvalue weighted by Crippen LogP contribution is 2.36. The summed E-state index contributed by atoms with van der Waals surface area (Å²) in [6.07, 6.45) is 0. The van der Waals surface area contributed by atoms with Crippen LogP contribution in [-0.2, 0) is 5.41 Å². The molecule has 2 aromatic rings. The number of hydrogen-bond donors (Lipinski definition) is 0. The predicted molar refractivity (Wildman–Crippen MR) is 70.4 cm³/mol. The maximum Gasteiger partial charge on any atom is 0.122 e. The molecule has 0 aliphatic carbocycles. The van der Waals surface area contributed by atoms with E-state index < -0.39 is 0 Å². The fourth-order valence-electron chi connectivity index (χ4n) is 2.09. The van der Waals surface area contributed by atoms with E-state index in [9.17, 15) is 0 Å². The molecule has 0 unspecified atom stereocenters.